The zero-order chi connectivity index (χ0) is 14.7. The van der Waals surface area contributed by atoms with E-state index in [1.54, 1.807) is 19.1 Å². The summed E-state index contributed by atoms with van der Waals surface area (Å²) in [6.45, 7) is 3.74. The molecule has 1 saturated heterocycles. The fourth-order valence-electron chi connectivity index (χ4n) is 2.44. The number of nitrogens with one attached hydrogen (secondary N) is 1. The Morgan fingerprint density at radius 2 is 2.25 bits per heavy atom. The average molecular weight is 280 g/mol. The van der Waals surface area contributed by atoms with Crippen LogP contribution in [0.1, 0.15) is 19.8 Å². The van der Waals surface area contributed by atoms with E-state index >= 15 is 0 Å². The Kier molecular flexibility index (Phi) is 4.33. The first-order valence-electron chi connectivity index (χ1n) is 6.67. The third-order valence-electron chi connectivity index (χ3n) is 3.27. The minimum Gasteiger partial charge on any atom is -0.350 e. The molecule has 0 bridgehead atoms. The van der Waals surface area contributed by atoms with Crippen LogP contribution in [0.2, 0.25) is 0 Å². The molecule has 0 spiro atoms. The summed E-state index contributed by atoms with van der Waals surface area (Å²) in [5.41, 5.74) is 2.80. The summed E-state index contributed by atoms with van der Waals surface area (Å²) in [5.74, 6) is 1.15. The Morgan fingerprint density at radius 1 is 1.50 bits per heavy atom. The van der Waals surface area contributed by atoms with Crippen LogP contribution < -0.4 is 10.3 Å². The molecule has 2 rings (SSSR count). The van der Waals surface area contributed by atoms with Crippen molar-refractivity contribution in [1.82, 2.24) is 15.0 Å². The molecule has 0 amide bonds. The van der Waals surface area contributed by atoms with Crippen molar-refractivity contribution in [1.29, 1.82) is 0 Å². The molecular weight excluding hydrogens is 260 g/mol. The zero-order valence-electron chi connectivity index (χ0n) is 12.0. The van der Waals surface area contributed by atoms with Crippen LogP contribution in [0.5, 0.6) is 0 Å². The third-order valence-corrected chi connectivity index (χ3v) is 3.27. The molecule has 8 nitrogen and oxygen atoms in total. The van der Waals surface area contributed by atoms with Gasteiger partial charge in [0.2, 0.25) is 11.6 Å². The van der Waals surface area contributed by atoms with Gasteiger partial charge in [0.25, 0.3) is 0 Å². The molecule has 0 aromatic carbocycles. The summed E-state index contributed by atoms with van der Waals surface area (Å²) in [5, 5.41) is 13.0. The lowest BCUT2D eigenvalue weighted by Crippen LogP contribution is -2.35. The van der Waals surface area contributed by atoms with Gasteiger partial charge in [-0.25, -0.2) is 15.0 Å². The Morgan fingerprint density at radius 3 is 2.85 bits per heavy atom. The molecule has 110 valence electrons. The summed E-state index contributed by atoms with van der Waals surface area (Å²) < 4.78 is 0. The minimum atomic E-state index is -0.416. The molecule has 0 saturated carbocycles. The van der Waals surface area contributed by atoms with Crippen LogP contribution in [-0.4, -0.2) is 47.1 Å². The number of hydrogen-bond acceptors (Lipinski definition) is 7. The molecule has 2 heterocycles. The smallest absolute Gasteiger partial charge is 0.350 e. The monoisotopic (exact) mass is 280 g/mol. The van der Waals surface area contributed by atoms with Crippen LogP contribution in [0.25, 0.3) is 0 Å². The first-order chi connectivity index (χ1) is 9.49. The van der Waals surface area contributed by atoms with E-state index in [2.05, 4.69) is 22.3 Å². The van der Waals surface area contributed by atoms with Crippen molar-refractivity contribution in [3.63, 3.8) is 0 Å². The van der Waals surface area contributed by atoms with Gasteiger partial charge < -0.3 is 4.90 Å². The molecule has 1 aliphatic rings. The fraction of sp³-hybridized carbons (Fsp3) is 0.667. The van der Waals surface area contributed by atoms with E-state index in [4.69, 9.17) is 0 Å². The van der Waals surface area contributed by atoms with Gasteiger partial charge in [-0.05, 0) is 18.8 Å². The molecular formula is C12H20N6O2. The molecule has 1 aliphatic heterocycles. The van der Waals surface area contributed by atoms with E-state index in [9.17, 15) is 10.1 Å². The number of hydrazine groups is 1. The fourth-order valence-corrected chi connectivity index (χ4v) is 2.44. The highest BCUT2D eigenvalue weighted by atomic mass is 16.6. The Hall–Kier alpha value is -1.96. The minimum absolute atomic E-state index is 0.0599. The molecule has 0 aliphatic carbocycles. The molecule has 1 unspecified atom stereocenters. The third kappa shape index (κ3) is 3.13. The first kappa shape index (κ1) is 14.4. The van der Waals surface area contributed by atoms with E-state index in [0.717, 1.165) is 25.9 Å². The van der Waals surface area contributed by atoms with E-state index < -0.39 is 4.92 Å². The van der Waals surface area contributed by atoms with Gasteiger partial charge in [0.1, 0.15) is 6.33 Å². The van der Waals surface area contributed by atoms with Crippen molar-refractivity contribution in [2.24, 2.45) is 5.92 Å². The van der Waals surface area contributed by atoms with Crippen LogP contribution in [0.15, 0.2) is 6.33 Å². The van der Waals surface area contributed by atoms with Crippen molar-refractivity contribution < 1.29 is 4.92 Å². The highest BCUT2D eigenvalue weighted by Gasteiger charge is 2.29. The van der Waals surface area contributed by atoms with Gasteiger partial charge in [-0.1, -0.05) is 6.92 Å². The maximum atomic E-state index is 11.4. The first-order valence-corrected chi connectivity index (χ1v) is 6.67. The van der Waals surface area contributed by atoms with Gasteiger partial charge in [-0.15, -0.1) is 0 Å². The lowest BCUT2D eigenvalue weighted by Gasteiger charge is -2.31. The Labute approximate surface area is 117 Å². The van der Waals surface area contributed by atoms with Gasteiger partial charge in [0.05, 0.1) is 4.92 Å². The molecule has 8 heteroatoms. The quantitative estimate of drug-likeness (QED) is 0.660. The Balaban J connectivity index is 2.38. The van der Waals surface area contributed by atoms with Crippen LogP contribution in [-0.2, 0) is 0 Å². The Bertz CT molecular complexity index is 493. The van der Waals surface area contributed by atoms with Crippen molar-refractivity contribution in [2.75, 3.05) is 37.5 Å². The standard InChI is InChI=1S/C12H20N6O2/c1-9-5-4-6-17(7-9)12-10(18(19)20)11(13-8-14-12)15-16(2)3/h8-9H,4-7H2,1-3H3,(H,13,14,15). The maximum Gasteiger partial charge on any atom is 0.354 e. The lowest BCUT2D eigenvalue weighted by molar-refractivity contribution is -0.383. The van der Waals surface area contributed by atoms with Crippen molar-refractivity contribution in [2.45, 2.75) is 19.8 Å². The van der Waals surface area contributed by atoms with Crippen LogP contribution >= 0.6 is 0 Å². The van der Waals surface area contributed by atoms with Crippen LogP contribution in [0.4, 0.5) is 17.3 Å². The van der Waals surface area contributed by atoms with Gasteiger partial charge >= 0.3 is 5.69 Å². The van der Waals surface area contributed by atoms with E-state index in [0.29, 0.717) is 11.7 Å². The second-order valence-corrected chi connectivity index (χ2v) is 5.35. The van der Waals surface area contributed by atoms with Gasteiger partial charge in [0, 0.05) is 27.2 Å². The van der Waals surface area contributed by atoms with Gasteiger partial charge in [-0.3, -0.25) is 15.5 Å². The summed E-state index contributed by atoms with van der Waals surface area (Å²) in [6.07, 6.45) is 3.55. The second-order valence-electron chi connectivity index (χ2n) is 5.35. The molecule has 1 fully saturated rings. The van der Waals surface area contributed by atoms with Gasteiger partial charge in [0.15, 0.2) is 0 Å². The number of anilines is 2. The number of nitro groups is 1. The summed E-state index contributed by atoms with van der Waals surface area (Å²) in [7, 11) is 3.52. The predicted octanol–water partition coefficient (Wildman–Crippen LogP) is 1.51. The second kappa shape index (κ2) is 6.00. The van der Waals surface area contributed by atoms with Crippen molar-refractivity contribution in [3.8, 4) is 0 Å². The number of piperidine rings is 1. The number of aromatic nitrogens is 2. The number of nitrogens with zero attached hydrogens (tertiary/aromatic N) is 5. The summed E-state index contributed by atoms with van der Waals surface area (Å²) in [4.78, 5) is 21.1. The predicted molar refractivity (Wildman–Crippen MR) is 76.6 cm³/mol. The van der Waals surface area contributed by atoms with E-state index in [1.807, 2.05) is 4.90 Å². The van der Waals surface area contributed by atoms with Crippen LogP contribution in [0, 0.1) is 16.0 Å². The maximum absolute atomic E-state index is 11.4. The van der Waals surface area contributed by atoms with E-state index in [1.165, 1.54) is 6.33 Å². The van der Waals surface area contributed by atoms with E-state index in [-0.39, 0.29) is 11.5 Å². The van der Waals surface area contributed by atoms with Crippen molar-refractivity contribution in [3.05, 3.63) is 16.4 Å². The van der Waals surface area contributed by atoms with Gasteiger partial charge in [-0.2, -0.15) is 0 Å². The SMILES string of the molecule is CC1CCCN(c2ncnc(NN(C)C)c2[N+](=O)[O-])C1. The molecule has 1 aromatic heterocycles. The molecule has 20 heavy (non-hydrogen) atoms. The highest BCUT2D eigenvalue weighted by Crippen LogP contribution is 2.33. The summed E-state index contributed by atoms with van der Waals surface area (Å²) in [6, 6.07) is 0. The van der Waals surface area contributed by atoms with Crippen LogP contribution in [0.3, 0.4) is 0 Å². The number of rotatable bonds is 4. The normalized spacial score (nSPS) is 19.2. The lowest BCUT2D eigenvalue weighted by atomic mass is 10.0. The molecule has 1 atom stereocenters. The molecule has 1 N–H and O–H groups in total. The molecule has 0 radical (unpaired) electrons. The number of hydrogen-bond donors (Lipinski definition) is 1. The zero-order valence-corrected chi connectivity index (χ0v) is 12.0. The average Bonchev–Trinajstić information content (AvgIpc) is 2.37. The molecule has 1 aromatic rings. The summed E-state index contributed by atoms with van der Waals surface area (Å²) >= 11 is 0. The topological polar surface area (TPSA) is 87.4 Å². The largest absolute Gasteiger partial charge is 0.354 e. The highest BCUT2D eigenvalue weighted by molar-refractivity contribution is 5.70. The van der Waals surface area contributed by atoms with Crippen molar-refractivity contribution >= 4 is 17.3 Å².